The van der Waals surface area contributed by atoms with E-state index in [4.69, 9.17) is 9.84 Å². The smallest absolute Gasteiger partial charge is 0.335 e. The van der Waals surface area contributed by atoms with Crippen LogP contribution < -0.4 is 15.0 Å². The fourth-order valence-electron chi connectivity index (χ4n) is 2.61. The number of benzene rings is 2. The molecule has 0 saturated carbocycles. The van der Waals surface area contributed by atoms with Crippen LogP contribution in [-0.2, 0) is 9.59 Å². The van der Waals surface area contributed by atoms with Gasteiger partial charge in [-0.2, -0.15) is 0 Å². The van der Waals surface area contributed by atoms with E-state index in [9.17, 15) is 14.4 Å². The number of amides is 2. The van der Waals surface area contributed by atoms with E-state index in [0.717, 1.165) is 0 Å². The molecule has 1 aliphatic rings. The molecule has 0 fully saturated rings. The zero-order valence-corrected chi connectivity index (χ0v) is 13.4. The van der Waals surface area contributed by atoms with Crippen molar-refractivity contribution in [2.24, 2.45) is 0 Å². The normalized spacial score (nSPS) is 14.3. The molecule has 1 atom stereocenters. The Bertz CT molecular complexity index is 835. The molecule has 2 aromatic carbocycles. The maximum atomic E-state index is 12.5. The summed E-state index contributed by atoms with van der Waals surface area (Å²) in [6.45, 7) is 1.38. The van der Waals surface area contributed by atoms with Crippen LogP contribution in [-0.4, -0.2) is 35.5 Å². The molecule has 7 heteroatoms. The molecule has 0 aromatic heterocycles. The van der Waals surface area contributed by atoms with Crippen LogP contribution in [0.4, 0.5) is 11.4 Å². The van der Waals surface area contributed by atoms with Crippen LogP contribution in [0.25, 0.3) is 0 Å². The van der Waals surface area contributed by atoms with Gasteiger partial charge in [-0.1, -0.05) is 18.2 Å². The average Bonchev–Trinajstić information content (AvgIpc) is 2.61. The first-order chi connectivity index (χ1) is 12.0. The number of hydrogen-bond donors (Lipinski definition) is 2. The summed E-state index contributed by atoms with van der Waals surface area (Å²) in [5, 5.41) is 11.9. The Labute approximate surface area is 143 Å². The van der Waals surface area contributed by atoms with Gasteiger partial charge in [-0.05, 0) is 37.3 Å². The van der Waals surface area contributed by atoms with E-state index in [1.54, 1.807) is 31.2 Å². The maximum absolute atomic E-state index is 12.5. The van der Waals surface area contributed by atoms with E-state index in [2.05, 4.69) is 5.32 Å². The Morgan fingerprint density at radius 1 is 1.20 bits per heavy atom. The standard InChI is InChI=1S/C18H16N2O5/c1-11(17(22)19-13-5-3-2-4-6-13)20-14-9-12(18(23)24)7-8-15(14)25-10-16(20)21/h2-9,11H,10H2,1H3,(H,19,22)(H,23,24). The number of carbonyl (C=O) groups is 3. The number of nitrogens with zero attached hydrogens (tertiary/aromatic N) is 1. The zero-order valence-electron chi connectivity index (χ0n) is 13.4. The number of rotatable bonds is 4. The molecule has 0 saturated heterocycles. The van der Waals surface area contributed by atoms with Crippen molar-refractivity contribution < 1.29 is 24.2 Å². The third-order valence-electron chi connectivity index (χ3n) is 3.89. The highest BCUT2D eigenvalue weighted by Crippen LogP contribution is 2.34. The summed E-state index contributed by atoms with van der Waals surface area (Å²) in [6.07, 6.45) is 0. The molecule has 0 radical (unpaired) electrons. The molecule has 25 heavy (non-hydrogen) atoms. The first-order valence-corrected chi connectivity index (χ1v) is 7.65. The van der Waals surface area contributed by atoms with Gasteiger partial charge in [0.1, 0.15) is 11.8 Å². The lowest BCUT2D eigenvalue weighted by Gasteiger charge is -2.33. The molecule has 1 aliphatic heterocycles. The van der Waals surface area contributed by atoms with Crippen LogP contribution in [0.15, 0.2) is 48.5 Å². The van der Waals surface area contributed by atoms with Crippen molar-refractivity contribution in [1.29, 1.82) is 0 Å². The first-order valence-electron chi connectivity index (χ1n) is 7.65. The van der Waals surface area contributed by atoms with Crippen LogP contribution in [0, 0.1) is 0 Å². The number of nitrogens with one attached hydrogen (secondary N) is 1. The van der Waals surface area contributed by atoms with Gasteiger partial charge < -0.3 is 15.2 Å². The number of fused-ring (bicyclic) bond motifs is 1. The second-order valence-corrected chi connectivity index (χ2v) is 5.57. The van der Waals surface area contributed by atoms with Crippen molar-refractivity contribution in [2.75, 3.05) is 16.8 Å². The van der Waals surface area contributed by atoms with Gasteiger partial charge in [-0.25, -0.2) is 4.79 Å². The van der Waals surface area contributed by atoms with Gasteiger partial charge in [0.2, 0.25) is 5.91 Å². The van der Waals surface area contributed by atoms with Gasteiger partial charge in [0, 0.05) is 5.69 Å². The molecular formula is C18H16N2O5. The quantitative estimate of drug-likeness (QED) is 0.889. The predicted molar refractivity (Wildman–Crippen MR) is 90.9 cm³/mol. The third kappa shape index (κ3) is 3.30. The summed E-state index contributed by atoms with van der Waals surface area (Å²) in [4.78, 5) is 37.3. The van der Waals surface area contributed by atoms with Crippen LogP contribution in [0.3, 0.4) is 0 Å². The summed E-state index contributed by atoms with van der Waals surface area (Å²) in [7, 11) is 0. The Morgan fingerprint density at radius 3 is 2.60 bits per heavy atom. The van der Waals surface area contributed by atoms with E-state index in [1.165, 1.54) is 23.1 Å². The van der Waals surface area contributed by atoms with E-state index < -0.39 is 17.9 Å². The number of para-hydroxylation sites is 1. The van der Waals surface area contributed by atoms with Crippen molar-refractivity contribution in [2.45, 2.75) is 13.0 Å². The minimum absolute atomic E-state index is 0.0118. The Balaban J connectivity index is 1.90. The number of hydrogen-bond acceptors (Lipinski definition) is 4. The van der Waals surface area contributed by atoms with Crippen LogP contribution in [0.1, 0.15) is 17.3 Å². The van der Waals surface area contributed by atoms with Crippen molar-refractivity contribution in [1.82, 2.24) is 0 Å². The summed E-state index contributed by atoms with van der Waals surface area (Å²) in [6, 6.07) is 12.3. The minimum Gasteiger partial charge on any atom is -0.482 e. The summed E-state index contributed by atoms with van der Waals surface area (Å²) in [5.74, 6) is -1.55. The fourth-order valence-corrected chi connectivity index (χ4v) is 2.61. The number of anilines is 2. The topological polar surface area (TPSA) is 95.9 Å². The van der Waals surface area contributed by atoms with Crippen molar-refractivity contribution in [3.05, 3.63) is 54.1 Å². The van der Waals surface area contributed by atoms with E-state index >= 15 is 0 Å². The van der Waals surface area contributed by atoms with E-state index in [1.807, 2.05) is 6.07 Å². The zero-order chi connectivity index (χ0) is 18.0. The molecule has 0 aliphatic carbocycles. The average molecular weight is 340 g/mol. The molecule has 0 bridgehead atoms. The van der Waals surface area contributed by atoms with Gasteiger partial charge in [0.25, 0.3) is 5.91 Å². The molecule has 1 heterocycles. The van der Waals surface area contributed by atoms with Crippen LogP contribution >= 0.6 is 0 Å². The van der Waals surface area contributed by atoms with Crippen LogP contribution in [0.5, 0.6) is 5.75 Å². The van der Waals surface area contributed by atoms with Gasteiger partial charge >= 0.3 is 5.97 Å². The third-order valence-corrected chi connectivity index (χ3v) is 3.89. The van der Waals surface area contributed by atoms with Crippen LogP contribution in [0.2, 0.25) is 0 Å². The second kappa shape index (κ2) is 6.64. The highest BCUT2D eigenvalue weighted by atomic mass is 16.5. The minimum atomic E-state index is -1.12. The SMILES string of the molecule is CC(C(=O)Nc1ccccc1)N1C(=O)COc2ccc(C(=O)O)cc21. The molecule has 3 rings (SSSR count). The first kappa shape index (κ1) is 16.5. The molecule has 2 N–H and O–H groups in total. The predicted octanol–water partition coefficient (Wildman–Crippen LogP) is 2.14. The van der Waals surface area contributed by atoms with Gasteiger partial charge in [0.15, 0.2) is 6.61 Å². The summed E-state index contributed by atoms with van der Waals surface area (Å²) in [5.41, 5.74) is 0.893. The van der Waals surface area contributed by atoms with Crippen molar-refractivity contribution in [3.8, 4) is 5.75 Å². The molecule has 2 aromatic rings. The Kier molecular flexibility index (Phi) is 4.38. The van der Waals surface area contributed by atoms with E-state index in [-0.39, 0.29) is 23.8 Å². The van der Waals surface area contributed by atoms with Gasteiger partial charge in [0.05, 0.1) is 11.3 Å². The molecular weight excluding hydrogens is 324 g/mol. The summed E-state index contributed by atoms with van der Waals surface area (Å²) >= 11 is 0. The van der Waals surface area contributed by atoms with Crippen molar-refractivity contribution >= 4 is 29.2 Å². The summed E-state index contributed by atoms with van der Waals surface area (Å²) < 4.78 is 5.33. The lowest BCUT2D eigenvalue weighted by Crippen LogP contribution is -2.49. The van der Waals surface area contributed by atoms with Crippen molar-refractivity contribution in [3.63, 3.8) is 0 Å². The largest absolute Gasteiger partial charge is 0.482 e. The fraction of sp³-hybridized carbons (Fsp3) is 0.167. The second-order valence-electron chi connectivity index (χ2n) is 5.57. The molecule has 1 unspecified atom stereocenters. The number of carbonyl (C=O) groups excluding carboxylic acids is 2. The Morgan fingerprint density at radius 2 is 1.92 bits per heavy atom. The highest BCUT2D eigenvalue weighted by molar-refractivity contribution is 6.07. The lowest BCUT2D eigenvalue weighted by molar-refractivity contribution is -0.125. The number of aromatic carboxylic acids is 1. The van der Waals surface area contributed by atoms with Gasteiger partial charge in [-0.15, -0.1) is 0 Å². The molecule has 0 spiro atoms. The lowest BCUT2D eigenvalue weighted by atomic mass is 10.1. The van der Waals surface area contributed by atoms with Gasteiger partial charge in [-0.3, -0.25) is 14.5 Å². The number of carboxylic acids is 1. The molecule has 2 amide bonds. The maximum Gasteiger partial charge on any atom is 0.335 e. The molecule has 128 valence electrons. The number of carboxylic acid groups (broad SMARTS) is 1. The Hall–Kier alpha value is -3.35. The highest BCUT2D eigenvalue weighted by Gasteiger charge is 2.33. The molecule has 7 nitrogen and oxygen atoms in total. The van der Waals surface area contributed by atoms with E-state index in [0.29, 0.717) is 11.4 Å². The number of ether oxygens (including phenoxy) is 1. The monoisotopic (exact) mass is 340 g/mol.